The average molecular weight is 211 g/mol. The van der Waals surface area contributed by atoms with Crippen LogP contribution >= 0.6 is 0 Å². The van der Waals surface area contributed by atoms with Gasteiger partial charge < -0.3 is 15.5 Å². The van der Waals surface area contributed by atoms with Gasteiger partial charge in [-0.1, -0.05) is 0 Å². The molecule has 0 saturated carbocycles. The summed E-state index contributed by atoms with van der Waals surface area (Å²) >= 11 is 0. The molecular formula is C12H25N3. The second kappa shape index (κ2) is 4.40. The third-order valence-corrected chi connectivity index (χ3v) is 4.15. The molecular weight excluding hydrogens is 186 g/mol. The van der Waals surface area contributed by atoms with E-state index in [1.165, 1.54) is 39.0 Å². The first-order chi connectivity index (χ1) is 7.15. The SMILES string of the molecule is CC(C)N1CCC2(CC1)CN(CCN)C2. The molecule has 0 amide bonds. The molecule has 15 heavy (non-hydrogen) atoms. The highest BCUT2D eigenvalue weighted by Gasteiger charge is 2.44. The van der Waals surface area contributed by atoms with Gasteiger partial charge >= 0.3 is 0 Å². The Morgan fingerprint density at radius 3 is 2.27 bits per heavy atom. The summed E-state index contributed by atoms with van der Waals surface area (Å²) < 4.78 is 0. The molecule has 0 unspecified atom stereocenters. The minimum absolute atomic E-state index is 0.667. The zero-order valence-corrected chi connectivity index (χ0v) is 10.2. The zero-order chi connectivity index (χ0) is 10.9. The first-order valence-electron chi connectivity index (χ1n) is 6.32. The topological polar surface area (TPSA) is 32.5 Å². The van der Waals surface area contributed by atoms with Crippen molar-refractivity contribution < 1.29 is 0 Å². The summed E-state index contributed by atoms with van der Waals surface area (Å²) in [5.41, 5.74) is 6.24. The van der Waals surface area contributed by atoms with Gasteiger partial charge in [0.1, 0.15) is 0 Å². The molecule has 0 atom stereocenters. The van der Waals surface area contributed by atoms with Gasteiger partial charge in [-0.15, -0.1) is 0 Å². The largest absolute Gasteiger partial charge is 0.329 e. The van der Waals surface area contributed by atoms with Gasteiger partial charge in [0.05, 0.1) is 0 Å². The minimum atomic E-state index is 0.667. The van der Waals surface area contributed by atoms with Crippen LogP contribution in [-0.2, 0) is 0 Å². The highest BCUT2D eigenvalue weighted by atomic mass is 15.2. The van der Waals surface area contributed by atoms with Gasteiger partial charge in [-0.25, -0.2) is 0 Å². The molecule has 0 aromatic heterocycles. The van der Waals surface area contributed by atoms with Crippen molar-refractivity contribution in [1.29, 1.82) is 0 Å². The Bertz CT molecular complexity index is 199. The lowest BCUT2D eigenvalue weighted by molar-refractivity contribution is -0.0494. The van der Waals surface area contributed by atoms with E-state index >= 15 is 0 Å². The van der Waals surface area contributed by atoms with E-state index in [1.807, 2.05) is 0 Å². The molecule has 0 aromatic carbocycles. The van der Waals surface area contributed by atoms with E-state index in [-0.39, 0.29) is 0 Å². The number of piperidine rings is 1. The van der Waals surface area contributed by atoms with Gasteiger partial charge in [-0.2, -0.15) is 0 Å². The van der Waals surface area contributed by atoms with E-state index in [0.29, 0.717) is 5.41 Å². The molecule has 1 spiro atoms. The molecule has 2 rings (SSSR count). The molecule has 2 heterocycles. The predicted octanol–water partition coefficient (Wildman–Crippen LogP) is 0.751. The summed E-state index contributed by atoms with van der Waals surface area (Å²) in [5.74, 6) is 0. The van der Waals surface area contributed by atoms with E-state index in [9.17, 15) is 0 Å². The van der Waals surface area contributed by atoms with Gasteiger partial charge in [0, 0.05) is 32.2 Å². The Balaban J connectivity index is 1.75. The normalized spacial score (nSPS) is 27.2. The summed E-state index contributed by atoms with van der Waals surface area (Å²) in [6.07, 6.45) is 2.79. The average Bonchev–Trinajstić information content (AvgIpc) is 2.16. The molecule has 2 aliphatic rings. The third kappa shape index (κ3) is 2.35. The monoisotopic (exact) mass is 211 g/mol. The molecule has 88 valence electrons. The van der Waals surface area contributed by atoms with Crippen molar-refractivity contribution in [2.75, 3.05) is 39.3 Å². The van der Waals surface area contributed by atoms with Gasteiger partial charge in [0.25, 0.3) is 0 Å². The van der Waals surface area contributed by atoms with E-state index in [2.05, 4.69) is 23.6 Å². The van der Waals surface area contributed by atoms with Crippen molar-refractivity contribution in [1.82, 2.24) is 9.80 Å². The lowest BCUT2D eigenvalue weighted by Crippen LogP contribution is -2.61. The van der Waals surface area contributed by atoms with Crippen LogP contribution in [0.3, 0.4) is 0 Å². The number of hydrogen-bond acceptors (Lipinski definition) is 3. The quantitative estimate of drug-likeness (QED) is 0.748. The highest BCUT2D eigenvalue weighted by molar-refractivity contribution is 4.98. The van der Waals surface area contributed by atoms with Crippen LogP contribution in [0.4, 0.5) is 0 Å². The number of nitrogens with two attached hydrogens (primary N) is 1. The number of likely N-dealkylation sites (tertiary alicyclic amines) is 2. The Morgan fingerprint density at radius 2 is 1.80 bits per heavy atom. The third-order valence-electron chi connectivity index (χ3n) is 4.15. The van der Waals surface area contributed by atoms with Crippen molar-refractivity contribution >= 4 is 0 Å². The zero-order valence-electron chi connectivity index (χ0n) is 10.2. The second-order valence-electron chi connectivity index (χ2n) is 5.63. The maximum atomic E-state index is 5.57. The van der Waals surface area contributed by atoms with Crippen LogP contribution in [0, 0.1) is 5.41 Å². The van der Waals surface area contributed by atoms with Gasteiger partial charge in [-0.05, 0) is 45.2 Å². The lowest BCUT2D eigenvalue weighted by Gasteiger charge is -2.54. The van der Waals surface area contributed by atoms with Crippen LogP contribution in [0.5, 0.6) is 0 Å². The number of nitrogens with zero attached hydrogens (tertiary/aromatic N) is 2. The van der Waals surface area contributed by atoms with Crippen LogP contribution in [-0.4, -0.2) is 55.1 Å². The van der Waals surface area contributed by atoms with Crippen molar-refractivity contribution in [3.05, 3.63) is 0 Å². The fourth-order valence-corrected chi connectivity index (χ4v) is 3.07. The molecule has 2 fully saturated rings. The van der Waals surface area contributed by atoms with E-state index in [1.54, 1.807) is 0 Å². The van der Waals surface area contributed by atoms with Crippen molar-refractivity contribution in [3.63, 3.8) is 0 Å². The van der Waals surface area contributed by atoms with Crippen molar-refractivity contribution in [2.45, 2.75) is 32.7 Å². The van der Waals surface area contributed by atoms with E-state index in [0.717, 1.165) is 19.1 Å². The van der Waals surface area contributed by atoms with Crippen molar-refractivity contribution in [3.8, 4) is 0 Å². The molecule has 3 heteroatoms. The molecule has 0 radical (unpaired) electrons. The van der Waals surface area contributed by atoms with Crippen LogP contribution in [0.15, 0.2) is 0 Å². The number of hydrogen-bond donors (Lipinski definition) is 1. The molecule has 0 aliphatic carbocycles. The van der Waals surface area contributed by atoms with E-state index in [4.69, 9.17) is 5.73 Å². The maximum absolute atomic E-state index is 5.57. The maximum Gasteiger partial charge on any atom is 0.0105 e. The Labute approximate surface area is 93.6 Å². The Hall–Kier alpha value is -0.120. The fraction of sp³-hybridized carbons (Fsp3) is 1.00. The summed E-state index contributed by atoms with van der Waals surface area (Å²) in [7, 11) is 0. The fourth-order valence-electron chi connectivity index (χ4n) is 3.07. The van der Waals surface area contributed by atoms with Crippen LogP contribution < -0.4 is 5.73 Å². The predicted molar refractivity (Wildman–Crippen MR) is 63.9 cm³/mol. The lowest BCUT2D eigenvalue weighted by atomic mass is 9.72. The molecule has 2 aliphatic heterocycles. The van der Waals surface area contributed by atoms with Crippen LogP contribution in [0.25, 0.3) is 0 Å². The summed E-state index contributed by atoms with van der Waals surface area (Å²) in [6.45, 7) is 11.7. The molecule has 2 N–H and O–H groups in total. The summed E-state index contributed by atoms with van der Waals surface area (Å²) in [5, 5.41) is 0. The smallest absolute Gasteiger partial charge is 0.0105 e. The molecule has 2 saturated heterocycles. The van der Waals surface area contributed by atoms with Gasteiger partial charge in [0.15, 0.2) is 0 Å². The number of rotatable bonds is 3. The first-order valence-corrected chi connectivity index (χ1v) is 6.32. The second-order valence-corrected chi connectivity index (χ2v) is 5.63. The van der Waals surface area contributed by atoms with Gasteiger partial charge in [0.2, 0.25) is 0 Å². The van der Waals surface area contributed by atoms with E-state index < -0.39 is 0 Å². The highest BCUT2D eigenvalue weighted by Crippen LogP contribution is 2.40. The van der Waals surface area contributed by atoms with Crippen molar-refractivity contribution in [2.24, 2.45) is 11.1 Å². The standard InChI is InChI=1S/C12H25N3/c1-11(2)15-6-3-12(4-7-15)9-14(10-12)8-5-13/h11H,3-10,13H2,1-2H3. The summed E-state index contributed by atoms with van der Waals surface area (Å²) in [4.78, 5) is 5.11. The van der Waals surface area contributed by atoms with Gasteiger partial charge in [-0.3, -0.25) is 0 Å². The van der Waals surface area contributed by atoms with Crippen LogP contribution in [0.2, 0.25) is 0 Å². The Morgan fingerprint density at radius 1 is 1.20 bits per heavy atom. The summed E-state index contributed by atoms with van der Waals surface area (Å²) in [6, 6.07) is 0.725. The Kier molecular flexibility index (Phi) is 3.33. The van der Waals surface area contributed by atoms with Crippen LogP contribution in [0.1, 0.15) is 26.7 Å². The molecule has 0 aromatic rings. The minimum Gasteiger partial charge on any atom is -0.329 e. The molecule has 3 nitrogen and oxygen atoms in total. The molecule has 0 bridgehead atoms. The first kappa shape index (κ1) is 11.4.